The normalized spacial score (nSPS) is 29.5. The number of likely N-dealkylation sites (N-methyl/N-ethyl adjacent to an activating group) is 1. The predicted molar refractivity (Wildman–Crippen MR) is 46.0 cm³/mol. The second-order valence-corrected chi connectivity index (χ2v) is 3.35. The summed E-state index contributed by atoms with van der Waals surface area (Å²) in [6.45, 7) is 0.444. The van der Waals surface area contributed by atoms with Gasteiger partial charge in [0.25, 0.3) is 5.92 Å². The Balaban J connectivity index is 2.57. The molecule has 13 heavy (non-hydrogen) atoms. The van der Waals surface area contributed by atoms with Gasteiger partial charge in [0.1, 0.15) is 6.61 Å². The van der Waals surface area contributed by atoms with Crippen LogP contribution >= 0.6 is 0 Å². The number of alkyl halides is 2. The average Bonchev–Trinajstić information content (AvgIpc) is 2.51. The molecule has 2 unspecified atom stereocenters. The van der Waals surface area contributed by atoms with E-state index in [0.717, 1.165) is 0 Å². The van der Waals surface area contributed by atoms with Crippen molar-refractivity contribution in [3.8, 4) is 0 Å². The smallest absolute Gasteiger partial charge is 0.276 e. The van der Waals surface area contributed by atoms with E-state index in [4.69, 9.17) is 0 Å². The molecule has 1 fully saturated rings. The van der Waals surface area contributed by atoms with Gasteiger partial charge in [0.05, 0.1) is 5.92 Å². The highest BCUT2D eigenvalue weighted by molar-refractivity contribution is 4.94. The van der Waals surface area contributed by atoms with Crippen LogP contribution < -0.4 is 10.6 Å². The molecule has 1 aliphatic rings. The number of nitrogens with one attached hydrogen (secondary N) is 2. The van der Waals surface area contributed by atoms with Crippen LogP contribution in [0.25, 0.3) is 0 Å². The Hall–Kier alpha value is -0.260. The van der Waals surface area contributed by atoms with Crippen molar-refractivity contribution in [2.24, 2.45) is 5.92 Å². The van der Waals surface area contributed by atoms with Crippen molar-refractivity contribution < 1.29 is 13.5 Å². The highest BCUT2D eigenvalue weighted by atomic mass is 19.3. The lowest BCUT2D eigenvalue weighted by atomic mass is 9.96. The van der Waals surface area contributed by atoms with Crippen LogP contribution in [0.4, 0.5) is 8.78 Å². The van der Waals surface area contributed by atoms with E-state index < -0.39 is 18.4 Å². The third-order valence-electron chi connectivity index (χ3n) is 2.46. The standard InChI is InChI=1S/C8H16F2N2O/c1-11-7-4-12-3-6(7)8(9,10)5-13-2/h6-7,11-12H,3-5H2,1-2H3. The quantitative estimate of drug-likeness (QED) is 0.664. The van der Waals surface area contributed by atoms with Gasteiger partial charge >= 0.3 is 0 Å². The summed E-state index contributed by atoms with van der Waals surface area (Å²) in [6, 6.07) is -0.162. The number of rotatable bonds is 4. The van der Waals surface area contributed by atoms with Crippen LogP contribution in [-0.2, 0) is 4.74 Å². The van der Waals surface area contributed by atoms with Gasteiger partial charge in [-0.1, -0.05) is 0 Å². The fraction of sp³-hybridized carbons (Fsp3) is 1.00. The summed E-state index contributed by atoms with van der Waals surface area (Å²) in [7, 11) is 3.00. The van der Waals surface area contributed by atoms with Crippen LogP contribution in [0.15, 0.2) is 0 Å². The van der Waals surface area contributed by atoms with Gasteiger partial charge in [-0.3, -0.25) is 0 Å². The van der Waals surface area contributed by atoms with Crippen molar-refractivity contribution in [1.29, 1.82) is 0 Å². The zero-order valence-corrected chi connectivity index (χ0v) is 7.94. The molecule has 2 atom stereocenters. The fourth-order valence-electron chi connectivity index (χ4n) is 1.73. The highest BCUT2D eigenvalue weighted by Crippen LogP contribution is 2.29. The zero-order valence-electron chi connectivity index (χ0n) is 7.94. The summed E-state index contributed by atoms with van der Waals surface area (Å²) < 4.78 is 31.2. The molecule has 1 heterocycles. The molecule has 78 valence electrons. The van der Waals surface area contributed by atoms with Gasteiger partial charge < -0.3 is 15.4 Å². The van der Waals surface area contributed by atoms with Crippen LogP contribution in [0.1, 0.15) is 0 Å². The second-order valence-electron chi connectivity index (χ2n) is 3.35. The highest BCUT2D eigenvalue weighted by Gasteiger charge is 2.46. The third kappa shape index (κ3) is 2.36. The molecular weight excluding hydrogens is 178 g/mol. The molecule has 0 aromatic rings. The maximum atomic E-state index is 13.4. The molecule has 1 rings (SSSR count). The minimum atomic E-state index is -2.74. The lowest BCUT2D eigenvalue weighted by Gasteiger charge is -2.26. The van der Waals surface area contributed by atoms with Crippen LogP contribution in [0, 0.1) is 5.92 Å². The number of ether oxygens (including phenoxy) is 1. The molecule has 0 bridgehead atoms. The molecular formula is C8H16F2N2O. The van der Waals surface area contributed by atoms with E-state index in [-0.39, 0.29) is 6.04 Å². The number of methoxy groups -OCH3 is 1. The molecule has 0 radical (unpaired) electrons. The van der Waals surface area contributed by atoms with Gasteiger partial charge in [0.2, 0.25) is 0 Å². The topological polar surface area (TPSA) is 33.3 Å². The Morgan fingerprint density at radius 1 is 1.54 bits per heavy atom. The minimum Gasteiger partial charge on any atom is -0.378 e. The Morgan fingerprint density at radius 3 is 2.77 bits per heavy atom. The molecule has 0 aromatic carbocycles. The van der Waals surface area contributed by atoms with Crippen LogP contribution in [0.5, 0.6) is 0 Å². The first-order chi connectivity index (χ1) is 6.11. The maximum Gasteiger partial charge on any atom is 0.276 e. The maximum absolute atomic E-state index is 13.4. The Morgan fingerprint density at radius 2 is 2.23 bits per heavy atom. The van der Waals surface area contributed by atoms with Crippen molar-refractivity contribution in [3.63, 3.8) is 0 Å². The Bertz CT molecular complexity index is 166. The number of halogens is 2. The van der Waals surface area contributed by atoms with Crippen molar-refractivity contribution in [1.82, 2.24) is 10.6 Å². The van der Waals surface area contributed by atoms with Crippen LogP contribution in [0.2, 0.25) is 0 Å². The molecule has 0 saturated carbocycles. The SMILES string of the molecule is CNC1CNCC1C(F)(F)COC. The molecule has 2 N–H and O–H groups in total. The zero-order chi connectivity index (χ0) is 9.90. The molecule has 0 amide bonds. The second kappa shape index (κ2) is 4.30. The fourth-order valence-corrected chi connectivity index (χ4v) is 1.73. The number of hydrogen-bond donors (Lipinski definition) is 2. The summed E-state index contributed by atoms with van der Waals surface area (Å²) >= 11 is 0. The largest absolute Gasteiger partial charge is 0.378 e. The molecule has 5 heteroatoms. The first kappa shape index (κ1) is 10.8. The van der Waals surface area contributed by atoms with Gasteiger partial charge in [0.15, 0.2) is 0 Å². The molecule has 0 aliphatic carbocycles. The molecule has 1 saturated heterocycles. The van der Waals surface area contributed by atoms with E-state index in [1.807, 2.05) is 0 Å². The van der Waals surface area contributed by atoms with Gasteiger partial charge in [0, 0.05) is 26.2 Å². The summed E-state index contributed by atoms with van der Waals surface area (Å²) in [5, 5.41) is 5.82. The van der Waals surface area contributed by atoms with E-state index in [0.29, 0.717) is 13.1 Å². The Kier molecular flexibility index (Phi) is 3.58. The summed E-state index contributed by atoms with van der Waals surface area (Å²) in [5.74, 6) is -3.41. The van der Waals surface area contributed by atoms with E-state index in [1.54, 1.807) is 7.05 Å². The lowest BCUT2D eigenvalue weighted by Crippen LogP contribution is -2.45. The summed E-state index contributed by atoms with van der Waals surface area (Å²) in [5.41, 5.74) is 0. The average molecular weight is 194 g/mol. The lowest BCUT2D eigenvalue weighted by molar-refractivity contribution is -0.108. The first-order valence-electron chi connectivity index (χ1n) is 4.36. The van der Waals surface area contributed by atoms with Crippen molar-refractivity contribution in [2.75, 3.05) is 33.9 Å². The number of hydrogen-bond acceptors (Lipinski definition) is 3. The first-order valence-corrected chi connectivity index (χ1v) is 4.36. The van der Waals surface area contributed by atoms with Crippen molar-refractivity contribution >= 4 is 0 Å². The van der Waals surface area contributed by atoms with Gasteiger partial charge in [-0.05, 0) is 7.05 Å². The van der Waals surface area contributed by atoms with E-state index >= 15 is 0 Å². The van der Waals surface area contributed by atoms with E-state index in [2.05, 4.69) is 15.4 Å². The van der Waals surface area contributed by atoms with Gasteiger partial charge in [-0.15, -0.1) is 0 Å². The summed E-state index contributed by atoms with van der Waals surface area (Å²) in [6.07, 6.45) is 0. The van der Waals surface area contributed by atoms with Crippen molar-refractivity contribution in [3.05, 3.63) is 0 Å². The predicted octanol–water partition coefficient (Wildman–Crippen LogP) is 0.0755. The molecule has 0 aromatic heterocycles. The van der Waals surface area contributed by atoms with Crippen molar-refractivity contribution in [2.45, 2.75) is 12.0 Å². The van der Waals surface area contributed by atoms with E-state index in [9.17, 15) is 8.78 Å². The molecule has 0 spiro atoms. The minimum absolute atomic E-state index is 0.162. The van der Waals surface area contributed by atoms with Gasteiger partial charge in [-0.2, -0.15) is 0 Å². The molecule has 3 nitrogen and oxygen atoms in total. The third-order valence-corrected chi connectivity index (χ3v) is 2.46. The van der Waals surface area contributed by atoms with Crippen LogP contribution in [0.3, 0.4) is 0 Å². The summed E-state index contributed by atoms with van der Waals surface area (Å²) in [4.78, 5) is 0. The Labute approximate surface area is 76.8 Å². The monoisotopic (exact) mass is 194 g/mol. The van der Waals surface area contributed by atoms with Crippen LogP contribution in [-0.4, -0.2) is 45.8 Å². The molecule has 1 aliphatic heterocycles. The van der Waals surface area contributed by atoms with Gasteiger partial charge in [-0.25, -0.2) is 8.78 Å². The van der Waals surface area contributed by atoms with E-state index in [1.165, 1.54) is 7.11 Å².